The Morgan fingerprint density at radius 1 is 1.23 bits per heavy atom. The van der Waals surface area contributed by atoms with Gasteiger partial charge in [0.05, 0.1) is 0 Å². The zero-order valence-corrected chi connectivity index (χ0v) is 12.5. The summed E-state index contributed by atoms with van der Waals surface area (Å²) in [7, 11) is 0. The molecule has 0 aliphatic carbocycles. The summed E-state index contributed by atoms with van der Waals surface area (Å²) < 4.78 is 38.8. The average molecular weight is 311 g/mol. The molecule has 0 saturated heterocycles. The van der Waals surface area contributed by atoms with Crippen LogP contribution in [-0.4, -0.2) is 15.7 Å². The summed E-state index contributed by atoms with van der Waals surface area (Å²) in [5.41, 5.74) is 1.74. The lowest BCUT2D eigenvalue weighted by Gasteiger charge is -2.12. The number of nitrogens with zero attached hydrogens (tertiary/aromatic N) is 2. The molecule has 2 aromatic rings. The summed E-state index contributed by atoms with van der Waals surface area (Å²) in [5, 5.41) is 6.16. The number of nitrogens with one attached hydrogen (secondary N) is 1. The number of carbonyl (C=O) groups is 1. The standard InChI is InChI=1S/C15H16F3N3O/c1-9-5-4-6-10(2)14(9)19-13(22)8-21-11(3)7-12(20-21)15(16,17)18/h4-7H,8H2,1-3H3,(H,19,22). The maximum atomic E-state index is 12.6. The number of alkyl halides is 3. The van der Waals surface area contributed by atoms with E-state index in [2.05, 4.69) is 10.4 Å². The molecule has 22 heavy (non-hydrogen) atoms. The molecule has 0 aliphatic rings. The number of amides is 1. The molecule has 118 valence electrons. The number of aryl methyl sites for hydroxylation is 3. The SMILES string of the molecule is Cc1cccc(C)c1NC(=O)Cn1nc(C(F)(F)F)cc1C. The number of hydrogen-bond donors (Lipinski definition) is 1. The Balaban J connectivity index is 2.15. The van der Waals surface area contributed by atoms with Crippen LogP contribution in [0.2, 0.25) is 0 Å². The molecule has 1 aromatic heterocycles. The van der Waals surface area contributed by atoms with E-state index in [1.54, 1.807) is 0 Å². The van der Waals surface area contributed by atoms with Gasteiger partial charge in [0.15, 0.2) is 5.69 Å². The number of halogens is 3. The van der Waals surface area contributed by atoms with Gasteiger partial charge in [-0.1, -0.05) is 18.2 Å². The third-order valence-electron chi connectivity index (χ3n) is 3.31. The van der Waals surface area contributed by atoms with Gasteiger partial charge in [-0.2, -0.15) is 18.3 Å². The van der Waals surface area contributed by atoms with E-state index in [-0.39, 0.29) is 12.2 Å². The Kier molecular flexibility index (Phi) is 4.25. The summed E-state index contributed by atoms with van der Waals surface area (Å²) >= 11 is 0. The third-order valence-corrected chi connectivity index (χ3v) is 3.31. The van der Waals surface area contributed by atoms with E-state index in [0.717, 1.165) is 21.9 Å². The Hall–Kier alpha value is -2.31. The van der Waals surface area contributed by atoms with Gasteiger partial charge in [0.1, 0.15) is 6.54 Å². The Bertz CT molecular complexity index is 684. The molecule has 0 aliphatic heterocycles. The first-order valence-electron chi connectivity index (χ1n) is 6.66. The molecular weight excluding hydrogens is 295 g/mol. The van der Waals surface area contributed by atoms with Gasteiger partial charge in [-0.05, 0) is 38.0 Å². The van der Waals surface area contributed by atoms with Crippen molar-refractivity contribution in [2.75, 3.05) is 5.32 Å². The van der Waals surface area contributed by atoms with Crippen molar-refractivity contribution in [1.82, 2.24) is 9.78 Å². The number of carbonyl (C=O) groups excluding carboxylic acids is 1. The summed E-state index contributed by atoms with van der Waals surface area (Å²) in [5.74, 6) is -0.419. The van der Waals surface area contributed by atoms with E-state index >= 15 is 0 Å². The minimum atomic E-state index is -4.51. The third kappa shape index (κ3) is 3.47. The van der Waals surface area contributed by atoms with Crippen molar-refractivity contribution < 1.29 is 18.0 Å². The molecule has 0 unspecified atom stereocenters. The molecule has 0 bridgehead atoms. The van der Waals surface area contributed by atoms with Gasteiger partial charge in [-0.3, -0.25) is 9.48 Å². The number of rotatable bonds is 3. The van der Waals surface area contributed by atoms with E-state index in [9.17, 15) is 18.0 Å². The Labute approximate surface area is 125 Å². The molecule has 0 fully saturated rings. The normalized spacial score (nSPS) is 11.5. The monoisotopic (exact) mass is 311 g/mol. The van der Waals surface area contributed by atoms with Crippen LogP contribution < -0.4 is 5.32 Å². The van der Waals surface area contributed by atoms with Crippen molar-refractivity contribution in [2.24, 2.45) is 0 Å². The fraction of sp³-hybridized carbons (Fsp3) is 0.333. The molecule has 0 atom stereocenters. The lowest BCUT2D eigenvalue weighted by molar-refractivity contribution is -0.141. The largest absolute Gasteiger partial charge is 0.435 e. The van der Waals surface area contributed by atoms with Crippen LogP contribution in [0.4, 0.5) is 18.9 Å². The number of para-hydroxylation sites is 1. The highest BCUT2D eigenvalue weighted by Crippen LogP contribution is 2.28. The van der Waals surface area contributed by atoms with Gasteiger partial charge in [0.25, 0.3) is 0 Å². The first kappa shape index (κ1) is 16.1. The molecule has 0 radical (unpaired) electrons. The van der Waals surface area contributed by atoms with E-state index in [1.165, 1.54) is 6.92 Å². The topological polar surface area (TPSA) is 46.9 Å². The van der Waals surface area contributed by atoms with E-state index < -0.39 is 17.8 Å². The quantitative estimate of drug-likeness (QED) is 0.943. The first-order chi connectivity index (χ1) is 10.2. The minimum Gasteiger partial charge on any atom is -0.324 e. The van der Waals surface area contributed by atoms with Crippen molar-refractivity contribution in [2.45, 2.75) is 33.5 Å². The van der Waals surface area contributed by atoms with Gasteiger partial charge in [-0.15, -0.1) is 0 Å². The van der Waals surface area contributed by atoms with Crippen LogP contribution in [0, 0.1) is 20.8 Å². The first-order valence-corrected chi connectivity index (χ1v) is 6.66. The van der Waals surface area contributed by atoms with E-state index in [1.807, 2.05) is 32.0 Å². The number of hydrogen-bond acceptors (Lipinski definition) is 2. The lowest BCUT2D eigenvalue weighted by Crippen LogP contribution is -2.21. The molecule has 0 spiro atoms. The lowest BCUT2D eigenvalue weighted by atomic mass is 10.1. The van der Waals surface area contributed by atoms with Crippen LogP contribution in [0.1, 0.15) is 22.5 Å². The smallest absolute Gasteiger partial charge is 0.324 e. The molecule has 1 aromatic carbocycles. The second-order valence-electron chi connectivity index (χ2n) is 5.14. The van der Waals surface area contributed by atoms with Crippen LogP contribution in [-0.2, 0) is 17.5 Å². The molecule has 1 N–H and O–H groups in total. The van der Waals surface area contributed by atoms with E-state index in [0.29, 0.717) is 5.69 Å². The van der Waals surface area contributed by atoms with Crippen LogP contribution in [0.25, 0.3) is 0 Å². The van der Waals surface area contributed by atoms with Crippen molar-refractivity contribution in [1.29, 1.82) is 0 Å². The highest BCUT2D eigenvalue weighted by atomic mass is 19.4. The van der Waals surface area contributed by atoms with Gasteiger partial charge in [0.2, 0.25) is 5.91 Å². The number of benzene rings is 1. The maximum Gasteiger partial charge on any atom is 0.435 e. The second-order valence-corrected chi connectivity index (χ2v) is 5.14. The Morgan fingerprint density at radius 3 is 2.32 bits per heavy atom. The summed E-state index contributed by atoms with van der Waals surface area (Å²) in [6.45, 7) is 4.91. The highest BCUT2D eigenvalue weighted by Gasteiger charge is 2.34. The van der Waals surface area contributed by atoms with Crippen molar-refractivity contribution >= 4 is 11.6 Å². The van der Waals surface area contributed by atoms with Gasteiger partial charge < -0.3 is 5.32 Å². The molecule has 1 heterocycles. The summed E-state index contributed by atoms with van der Waals surface area (Å²) in [6.07, 6.45) is -4.51. The fourth-order valence-electron chi connectivity index (χ4n) is 2.14. The van der Waals surface area contributed by atoms with Crippen LogP contribution >= 0.6 is 0 Å². The fourth-order valence-corrected chi connectivity index (χ4v) is 2.14. The molecule has 2 rings (SSSR count). The highest BCUT2D eigenvalue weighted by molar-refractivity contribution is 5.92. The van der Waals surface area contributed by atoms with Crippen LogP contribution in [0.3, 0.4) is 0 Å². The second kappa shape index (κ2) is 5.82. The summed E-state index contributed by atoms with van der Waals surface area (Å²) in [4.78, 5) is 12.0. The van der Waals surface area contributed by atoms with Crippen molar-refractivity contribution in [3.8, 4) is 0 Å². The summed E-state index contributed by atoms with van der Waals surface area (Å²) in [6, 6.07) is 6.49. The zero-order valence-electron chi connectivity index (χ0n) is 12.5. The van der Waals surface area contributed by atoms with Crippen LogP contribution in [0.15, 0.2) is 24.3 Å². The van der Waals surface area contributed by atoms with Crippen molar-refractivity contribution in [3.05, 3.63) is 46.8 Å². The van der Waals surface area contributed by atoms with Gasteiger partial charge in [-0.25, -0.2) is 0 Å². The van der Waals surface area contributed by atoms with Gasteiger partial charge >= 0.3 is 6.18 Å². The van der Waals surface area contributed by atoms with E-state index in [4.69, 9.17) is 0 Å². The predicted octanol–water partition coefficient (Wildman–Crippen LogP) is 3.47. The zero-order chi connectivity index (χ0) is 16.5. The molecular formula is C15H16F3N3O. The predicted molar refractivity (Wildman–Crippen MR) is 76.5 cm³/mol. The van der Waals surface area contributed by atoms with Crippen LogP contribution in [0.5, 0.6) is 0 Å². The molecule has 1 amide bonds. The number of anilines is 1. The number of aromatic nitrogens is 2. The minimum absolute atomic E-state index is 0.268. The molecule has 0 saturated carbocycles. The van der Waals surface area contributed by atoms with Gasteiger partial charge in [0, 0.05) is 11.4 Å². The average Bonchev–Trinajstić information content (AvgIpc) is 2.76. The maximum absolute atomic E-state index is 12.6. The molecule has 7 heteroatoms. The molecule has 4 nitrogen and oxygen atoms in total. The van der Waals surface area contributed by atoms with Crippen molar-refractivity contribution in [3.63, 3.8) is 0 Å². The Morgan fingerprint density at radius 2 is 1.82 bits per heavy atom.